The molecule has 2 rings (SSSR count). The minimum absolute atomic E-state index is 0.157. The van der Waals surface area contributed by atoms with Gasteiger partial charge in [0.1, 0.15) is 5.60 Å². The molecule has 1 heterocycles. The molecular formula is C17H32N2O2. The van der Waals surface area contributed by atoms with E-state index in [4.69, 9.17) is 10.5 Å². The van der Waals surface area contributed by atoms with Gasteiger partial charge in [0, 0.05) is 13.1 Å². The summed E-state index contributed by atoms with van der Waals surface area (Å²) in [6.07, 6.45) is 8.51. The Balaban J connectivity index is 2.01. The first kappa shape index (κ1) is 16.6. The molecule has 122 valence electrons. The predicted molar refractivity (Wildman–Crippen MR) is 85.1 cm³/mol. The summed E-state index contributed by atoms with van der Waals surface area (Å²) in [7, 11) is 0. The van der Waals surface area contributed by atoms with Crippen molar-refractivity contribution in [3.8, 4) is 0 Å². The molecule has 0 aromatic rings. The number of nitrogens with two attached hydrogens (primary N) is 1. The number of hydrogen-bond acceptors (Lipinski definition) is 3. The van der Waals surface area contributed by atoms with E-state index in [-0.39, 0.29) is 11.5 Å². The Kier molecular flexibility index (Phi) is 5.18. The van der Waals surface area contributed by atoms with Gasteiger partial charge in [-0.3, -0.25) is 0 Å². The molecule has 2 aliphatic rings. The molecule has 1 saturated carbocycles. The van der Waals surface area contributed by atoms with E-state index in [9.17, 15) is 4.79 Å². The lowest BCUT2D eigenvalue weighted by Crippen LogP contribution is -2.50. The Labute approximate surface area is 129 Å². The maximum Gasteiger partial charge on any atom is 0.410 e. The van der Waals surface area contributed by atoms with Gasteiger partial charge >= 0.3 is 6.09 Å². The summed E-state index contributed by atoms with van der Waals surface area (Å²) in [5.41, 5.74) is 6.00. The van der Waals surface area contributed by atoms with Gasteiger partial charge in [0.25, 0.3) is 0 Å². The van der Waals surface area contributed by atoms with Crippen molar-refractivity contribution in [1.29, 1.82) is 0 Å². The van der Waals surface area contributed by atoms with Crippen LogP contribution in [0.3, 0.4) is 0 Å². The van der Waals surface area contributed by atoms with E-state index in [2.05, 4.69) is 0 Å². The largest absolute Gasteiger partial charge is 0.444 e. The van der Waals surface area contributed by atoms with E-state index >= 15 is 0 Å². The monoisotopic (exact) mass is 296 g/mol. The molecule has 0 aromatic carbocycles. The molecule has 0 aromatic heterocycles. The van der Waals surface area contributed by atoms with Crippen molar-refractivity contribution >= 4 is 6.09 Å². The van der Waals surface area contributed by atoms with Gasteiger partial charge in [-0.25, -0.2) is 4.79 Å². The first-order chi connectivity index (χ1) is 9.86. The molecule has 0 radical (unpaired) electrons. The van der Waals surface area contributed by atoms with Crippen LogP contribution in [-0.4, -0.2) is 36.2 Å². The molecule has 2 fully saturated rings. The fourth-order valence-electron chi connectivity index (χ4n) is 4.00. The van der Waals surface area contributed by atoms with E-state index in [1.165, 1.54) is 38.5 Å². The van der Waals surface area contributed by atoms with Crippen molar-refractivity contribution in [2.75, 3.05) is 19.6 Å². The van der Waals surface area contributed by atoms with Crippen LogP contribution in [0, 0.1) is 11.3 Å². The zero-order chi connectivity index (χ0) is 15.5. The number of piperidine rings is 1. The zero-order valence-corrected chi connectivity index (χ0v) is 14.0. The van der Waals surface area contributed by atoms with Crippen molar-refractivity contribution in [3.05, 3.63) is 0 Å². The average Bonchev–Trinajstić information content (AvgIpc) is 2.46. The first-order valence-corrected chi connectivity index (χ1v) is 8.54. The maximum atomic E-state index is 12.3. The van der Waals surface area contributed by atoms with E-state index < -0.39 is 5.60 Å². The summed E-state index contributed by atoms with van der Waals surface area (Å²) in [5, 5.41) is 0. The lowest BCUT2D eigenvalue weighted by atomic mass is 9.63. The number of rotatable bonds is 2. The minimum atomic E-state index is -0.416. The van der Waals surface area contributed by atoms with Gasteiger partial charge in [0.2, 0.25) is 0 Å². The highest BCUT2D eigenvalue weighted by Gasteiger charge is 2.41. The van der Waals surface area contributed by atoms with Crippen molar-refractivity contribution in [3.63, 3.8) is 0 Å². The van der Waals surface area contributed by atoms with Crippen LogP contribution in [0.1, 0.15) is 65.7 Å². The third kappa shape index (κ3) is 4.12. The zero-order valence-electron chi connectivity index (χ0n) is 14.0. The lowest BCUT2D eigenvalue weighted by molar-refractivity contribution is -0.00276. The van der Waals surface area contributed by atoms with E-state index in [1.807, 2.05) is 25.7 Å². The molecule has 4 heteroatoms. The standard InChI is InChI=1S/C17H32N2O2/c1-16(2,3)21-15(20)19-11-7-8-14(12-19)17(13-18)9-5-4-6-10-17/h14H,4-13,18H2,1-3H3. The van der Waals surface area contributed by atoms with Crippen molar-refractivity contribution in [2.24, 2.45) is 17.1 Å². The molecule has 1 saturated heterocycles. The summed E-state index contributed by atoms with van der Waals surface area (Å²) in [6.45, 7) is 8.19. The Bertz CT molecular complexity index is 356. The lowest BCUT2D eigenvalue weighted by Gasteiger charge is -2.47. The van der Waals surface area contributed by atoms with Gasteiger partial charge in [-0.05, 0) is 64.3 Å². The number of amides is 1. The van der Waals surface area contributed by atoms with Gasteiger partial charge < -0.3 is 15.4 Å². The van der Waals surface area contributed by atoms with Crippen LogP contribution >= 0.6 is 0 Å². The number of likely N-dealkylation sites (tertiary alicyclic amines) is 1. The first-order valence-electron chi connectivity index (χ1n) is 8.54. The number of nitrogens with zero attached hydrogens (tertiary/aromatic N) is 1. The molecule has 1 unspecified atom stereocenters. The SMILES string of the molecule is CC(C)(C)OC(=O)N1CCCC(C2(CN)CCCCC2)C1. The summed E-state index contributed by atoms with van der Waals surface area (Å²) < 4.78 is 5.54. The van der Waals surface area contributed by atoms with Crippen LogP contribution in [0.4, 0.5) is 4.79 Å². The van der Waals surface area contributed by atoms with E-state index in [0.29, 0.717) is 5.92 Å². The average molecular weight is 296 g/mol. The summed E-state index contributed by atoms with van der Waals surface area (Å²) >= 11 is 0. The van der Waals surface area contributed by atoms with Gasteiger partial charge in [0.05, 0.1) is 0 Å². The van der Waals surface area contributed by atoms with Crippen LogP contribution in [-0.2, 0) is 4.74 Å². The fraction of sp³-hybridized carbons (Fsp3) is 0.941. The van der Waals surface area contributed by atoms with Crippen LogP contribution in [0.2, 0.25) is 0 Å². The summed E-state index contributed by atoms with van der Waals surface area (Å²) in [6, 6.07) is 0. The normalized spacial score (nSPS) is 26.5. The maximum absolute atomic E-state index is 12.3. The van der Waals surface area contributed by atoms with Crippen molar-refractivity contribution in [1.82, 2.24) is 4.90 Å². The highest BCUT2D eigenvalue weighted by molar-refractivity contribution is 5.68. The third-order valence-electron chi connectivity index (χ3n) is 5.19. The minimum Gasteiger partial charge on any atom is -0.444 e. The smallest absolute Gasteiger partial charge is 0.410 e. The number of carbonyl (C=O) groups excluding carboxylic acids is 1. The predicted octanol–water partition coefficient (Wildman–Crippen LogP) is 3.54. The Morgan fingerprint density at radius 1 is 1.24 bits per heavy atom. The van der Waals surface area contributed by atoms with Crippen molar-refractivity contribution < 1.29 is 9.53 Å². The van der Waals surface area contributed by atoms with E-state index in [0.717, 1.165) is 26.1 Å². The second-order valence-electron chi connectivity index (χ2n) is 7.89. The van der Waals surface area contributed by atoms with Crippen LogP contribution in [0.15, 0.2) is 0 Å². The van der Waals surface area contributed by atoms with Crippen molar-refractivity contribution in [2.45, 2.75) is 71.3 Å². The quantitative estimate of drug-likeness (QED) is 0.848. The second-order valence-corrected chi connectivity index (χ2v) is 7.89. The van der Waals surface area contributed by atoms with E-state index in [1.54, 1.807) is 0 Å². The molecule has 1 amide bonds. The van der Waals surface area contributed by atoms with Gasteiger partial charge in [-0.1, -0.05) is 19.3 Å². The van der Waals surface area contributed by atoms with Gasteiger partial charge in [-0.2, -0.15) is 0 Å². The third-order valence-corrected chi connectivity index (χ3v) is 5.19. The molecule has 1 aliphatic heterocycles. The number of ether oxygens (including phenoxy) is 1. The number of carbonyl (C=O) groups is 1. The summed E-state index contributed by atoms with van der Waals surface area (Å²) in [4.78, 5) is 14.2. The van der Waals surface area contributed by atoms with Gasteiger partial charge in [-0.15, -0.1) is 0 Å². The van der Waals surface area contributed by atoms with Crippen LogP contribution < -0.4 is 5.73 Å². The molecule has 0 bridgehead atoms. The highest BCUT2D eigenvalue weighted by atomic mass is 16.6. The molecule has 1 aliphatic carbocycles. The molecular weight excluding hydrogens is 264 g/mol. The molecule has 0 spiro atoms. The van der Waals surface area contributed by atoms with Crippen LogP contribution in [0.25, 0.3) is 0 Å². The summed E-state index contributed by atoms with van der Waals surface area (Å²) in [5.74, 6) is 0.545. The Hall–Kier alpha value is -0.770. The fourth-order valence-corrected chi connectivity index (χ4v) is 4.00. The molecule has 21 heavy (non-hydrogen) atoms. The molecule has 2 N–H and O–H groups in total. The molecule has 1 atom stereocenters. The van der Waals surface area contributed by atoms with Crippen LogP contribution in [0.5, 0.6) is 0 Å². The Morgan fingerprint density at radius 3 is 2.48 bits per heavy atom. The number of hydrogen-bond donors (Lipinski definition) is 1. The Morgan fingerprint density at radius 2 is 1.90 bits per heavy atom. The van der Waals surface area contributed by atoms with Gasteiger partial charge in [0.15, 0.2) is 0 Å². The molecule has 4 nitrogen and oxygen atoms in total. The topological polar surface area (TPSA) is 55.6 Å². The second kappa shape index (κ2) is 6.55. The highest BCUT2D eigenvalue weighted by Crippen LogP contribution is 2.45.